The second-order valence-corrected chi connectivity index (χ2v) is 33.4. The Balaban J connectivity index is -0.0000000626. The smallest absolute Gasteiger partial charge is 0.381 e. The normalized spacial score (nSPS) is 15.0. The van der Waals surface area contributed by atoms with Crippen LogP contribution in [0.3, 0.4) is 0 Å². The van der Waals surface area contributed by atoms with Gasteiger partial charge in [-0.25, -0.2) is 0 Å². The number of hydrogen-bond acceptors (Lipinski definition) is 2. The van der Waals surface area contributed by atoms with Crippen LogP contribution in [0.5, 0.6) is 0 Å². The first-order chi connectivity index (χ1) is 13.0. The van der Waals surface area contributed by atoms with Crippen LogP contribution in [0.15, 0.2) is 0 Å². The van der Waals surface area contributed by atoms with E-state index in [-0.39, 0.29) is 34.1 Å². The van der Waals surface area contributed by atoms with E-state index in [1.54, 1.807) is 0 Å². The predicted molar refractivity (Wildman–Crippen MR) is 155 cm³/mol. The van der Waals surface area contributed by atoms with E-state index < -0.39 is 32.3 Å². The Hall–Kier alpha value is 1.83. The van der Waals surface area contributed by atoms with Gasteiger partial charge in [0.25, 0.3) is 0 Å². The molecule has 198 valence electrons. The molecule has 0 aliphatic carbocycles. The topological polar surface area (TPSA) is 18.5 Å². The maximum Gasteiger partial charge on any atom is 2.00 e. The van der Waals surface area contributed by atoms with Crippen LogP contribution in [-0.2, 0) is 43.6 Å². The molecule has 0 bridgehead atoms. The molecule has 2 fully saturated rings. The van der Waals surface area contributed by atoms with Crippen molar-refractivity contribution in [2.24, 2.45) is 0 Å². The van der Waals surface area contributed by atoms with Crippen LogP contribution < -0.4 is 0 Å². The third kappa shape index (κ3) is 216. The average Bonchev–Trinajstić information content (AvgIpc) is 3.10. The van der Waals surface area contributed by atoms with Crippen molar-refractivity contribution in [3.05, 3.63) is 26.2 Å². The van der Waals surface area contributed by atoms with Crippen LogP contribution in [0, 0.1) is 26.2 Å². The van der Waals surface area contributed by atoms with Gasteiger partial charge in [-0.2, -0.15) is 0 Å². The molecule has 2 rings (SSSR count). The summed E-state index contributed by atoms with van der Waals surface area (Å²) in [4.78, 5) is 0. The summed E-state index contributed by atoms with van der Waals surface area (Å²) in [5.74, 6) is 0. The van der Waals surface area contributed by atoms with Crippen LogP contribution in [0.1, 0.15) is 25.7 Å². The Morgan fingerprint density at radius 1 is 0.375 bits per heavy atom. The van der Waals surface area contributed by atoms with Crippen molar-refractivity contribution >= 4 is 32.3 Å². The number of rotatable bonds is 0. The van der Waals surface area contributed by atoms with E-state index in [9.17, 15) is 0 Å². The zero-order chi connectivity index (χ0) is 25.1. The molecule has 32 heavy (non-hydrogen) atoms. The van der Waals surface area contributed by atoms with Gasteiger partial charge >= 0.3 is 34.1 Å². The molecule has 0 aromatic heterocycles. The molecule has 0 spiro atoms. The second-order valence-electron chi connectivity index (χ2n) is 12.9. The van der Waals surface area contributed by atoms with Gasteiger partial charge in [0.15, 0.2) is 0 Å². The fourth-order valence-corrected chi connectivity index (χ4v) is 1.02. The summed E-state index contributed by atoms with van der Waals surface area (Å²) >= 11 is 0. The molecule has 2 saturated heterocycles. The molecular weight excluding hydrogens is 542 g/mol. The molecule has 2 aliphatic heterocycles. The van der Waals surface area contributed by atoms with Gasteiger partial charge in [-0.3, -0.25) is 0 Å². The predicted octanol–water partition coefficient (Wildman–Crippen LogP) is 8.38. The number of ether oxygens (including phenoxy) is 2. The minimum absolute atomic E-state index is 0. The van der Waals surface area contributed by atoms with E-state index in [2.05, 4.69) is 105 Å². The molecule has 2 aliphatic rings. The van der Waals surface area contributed by atoms with E-state index in [4.69, 9.17) is 9.47 Å². The monoisotopic (exact) mass is 602 g/mol. The quantitative estimate of drug-likeness (QED) is 0.205. The van der Waals surface area contributed by atoms with Gasteiger partial charge in [0.05, 0.1) is 0 Å². The first-order valence-corrected chi connectivity index (χ1v) is 26.4. The molecule has 0 unspecified atom stereocenters. The summed E-state index contributed by atoms with van der Waals surface area (Å²) < 4.78 is 9.89. The Morgan fingerprint density at radius 2 is 0.469 bits per heavy atom. The van der Waals surface area contributed by atoms with Gasteiger partial charge in [0.1, 0.15) is 0 Å². The number of hydrogen-bond donors (Lipinski definition) is 0. The molecule has 0 aromatic carbocycles. The van der Waals surface area contributed by atoms with E-state index in [1.165, 1.54) is 25.7 Å². The van der Waals surface area contributed by atoms with Gasteiger partial charge < -0.3 is 35.7 Å². The van der Waals surface area contributed by atoms with Crippen LogP contribution in [-0.4, -0.2) is 58.7 Å². The molecule has 0 atom stereocenters. The molecule has 0 aromatic rings. The third-order valence-corrected chi connectivity index (χ3v) is 1.65. The molecular formula is C24H60Mn2O2Si4. The van der Waals surface area contributed by atoms with Crippen molar-refractivity contribution in [2.75, 3.05) is 26.4 Å². The van der Waals surface area contributed by atoms with E-state index in [1.807, 2.05) is 0 Å². The second kappa shape index (κ2) is 25.9. The summed E-state index contributed by atoms with van der Waals surface area (Å²) in [5.41, 5.74) is 0. The molecule has 2 heterocycles. The molecule has 0 amide bonds. The maximum absolute atomic E-state index is 4.94. The van der Waals surface area contributed by atoms with Gasteiger partial charge in [-0.1, -0.05) is 78.6 Å². The Kier molecular flexibility index (Phi) is 38.1. The van der Waals surface area contributed by atoms with E-state index >= 15 is 0 Å². The fraction of sp³-hybridized carbons (Fsp3) is 0.833. The van der Waals surface area contributed by atoms with Gasteiger partial charge in [-0.15, -0.1) is 32.3 Å². The van der Waals surface area contributed by atoms with Crippen molar-refractivity contribution in [1.82, 2.24) is 0 Å². The van der Waals surface area contributed by atoms with Crippen molar-refractivity contribution < 1.29 is 43.6 Å². The summed E-state index contributed by atoms with van der Waals surface area (Å²) in [6.07, 6.45) is 5.11. The Morgan fingerprint density at radius 3 is 0.500 bits per heavy atom. The van der Waals surface area contributed by atoms with Crippen molar-refractivity contribution in [2.45, 2.75) is 104 Å². The Bertz CT molecular complexity index is 241. The van der Waals surface area contributed by atoms with Gasteiger partial charge in [0, 0.05) is 26.4 Å². The van der Waals surface area contributed by atoms with E-state index in [0.29, 0.717) is 0 Å². The largest absolute Gasteiger partial charge is 2.00 e. The fourth-order valence-electron chi connectivity index (χ4n) is 1.02. The zero-order valence-corrected chi connectivity index (χ0v) is 30.4. The molecule has 2 nitrogen and oxygen atoms in total. The maximum atomic E-state index is 4.94. The summed E-state index contributed by atoms with van der Waals surface area (Å²) in [5, 5.41) is 0. The van der Waals surface area contributed by atoms with Crippen molar-refractivity contribution in [1.29, 1.82) is 0 Å². The summed E-state index contributed by atoms with van der Waals surface area (Å²) in [6.45, 7) is 46.2. The Labute approximate surface area is 231 Å². The standard InChI is InChI=1S/2C4H8O.4C4H11Si.2Mn/c2*1-2-4-5-3-1;4*1-5(2,3)4;;/h2*1-4H2;4*1H2,2-4H3;;/q;;4*-1;2*+2. The summed E-state index contributed by atoms with van der Waals surface area (Å²) in [7, 11) is -3.44. The minimum atomic E-state index is -0.861. The zero-order valence-electron chi connectivity index (χ0n) is 24.1. The molecule has 8 heteroatoms. The van der Waals surface area contributed by atoms with Crippen LogP contribution in [0.25, 0.3) is 0 Å². The van der Waals surface area contributed by atoms with Crippen LogP contribution >= 0.6 is 0 Å². The van der Waals surface area contributed by atoms with Crippen molar-refractivity contribution in [3.63, 3.8) is 0 Å². The van der Waals surface area contributed by atoms with Crippen LogP contribution in [0.2, 0.25) is 78.6 Å². The first kappa shape index (κ1) is 47.1. The molecule has 0 N–H and O–H groups in total. The SMILES string of the molecule is C1CCOC1.C1CCOC1.[CH2-][Si](C)(C)C.[CH2-][Si](C)(C)C.[CH2-][Si](C)(C)C.[CH2-][Si](C)(C)C.[Mn+2].[Mn+2]. The average molecular weight is 603 g/mol. The van der Waals surface area contributed by atoms with Gasteiger partial charge in [0.2, 0.25) is 0 Å². The molecule has 0 saturated carbocycles. The minimum Gasteiger partial charge on any atom is -0.381 e. The van der Waals surface area contributed by atoms with E-state index in [0.717, 1.165) is 26.4 Å². The third-order valence-electron chi connectivity index (χ3n) is 1.65. The van der Waals surface area contributed by atoms with Crippen molar-refractivity contribution in [3.8, 4) is 0 Å². The molecule has 2 radical (unpaired) electrons. The van der Waals surface area contributed by atoms with Gasteiger partial charge in [-0.05, 0) is 25.7 Å². The summed E-state index contributed by atoms with van der Waals surface area (Å²) in [6, 6.07) is 0. The van der Waals surface area contributed by atoms with Crippen LogP contribution in [0.4, 0.5) is 0 Å². The first-order valence-electron chi connectivity index (χ1n) is 11.6.